The maximum absolute atomic E-state index is 12.5. The number of benzene rings is 2. The molecule has 140 valence electrons. The summed E-state index contributed by atoms with van der Waals surface area (Å²) in [6.07, 6.45) is -0.173. The first kappa shape index (κ1) is 20.2. The fraction of sp³-hybridized carbons (Fsp3) is 0.316. The lowest BCUT2D eigenvalue weighted by Gasteiger charge is -2.18. The second kappa shape index (κ2) is 9.55. The minimum atomic E-state index is -0.666. The van der Waals surface area contributed by atoms with Crippen LogP contribution in [0.2, 0.25) is 10.0 Å². The van der Waals surface area contributed by atoms with Crippen LogP contribution >= 0.6 is 23.2 Å². The second-order valence-electron chi connectivity index (χ2n) is 5.53. The standard InChI is InChI=1S/C19H21Cl2NO4/c1-4-17(26-18-6-5-13(20)9-16(18)21)19(23)22-11-12-7-14(24-2)10-15(8-12)25-3/h5-10,17H,4,11H2,1-3H3,(H,22,23). The van der Waals surface area contributed by atoms with Crippen LogP contribution < -0.4 is 19.5 Å². The fourth-order valence-electron chi connectivity index (χ4n) is 2.32. The van der Waals surface area contributed by atoms with Gasteiger partial charge in [0, 0.05) is 17.6 Å². The van der Waals surface area contributed by atoms with Gasteiger partial charge in [0.15, 0.2) is 6.10 Å². The van der Waals surface area contributed by atoms with Crippen molar-refractivity contribution < 1.29 is 19.0 Å². The third-order valence-corrected chi connectivity index (χ3v) is 4.23. The van der Waals surface area contributed by atoms with Crippen molar-refractivity contribution in [3.8, 4) is 17.2 Å². The number of amides is 1. The van der Waals surface area contributed by atoms with E-state index in [9.17, 15) is 4.79 Å². The first-order valence-electron chi connectivity index (χ1n) is 8.08. The molecule has 0 heterocycles. The Morgan fingerprint density at radius 3 is 2.27 bits per heavy atom. The van der Waals surface area contributed by atoms with Crippen molar-refractivity contribution in [2.24, 2.45) is 0 Å². The van der Waals surface area contributed by atoms with Gasteiger partial charge in [-0.3, -0.25) is 4.79 Å². The van der Waals surface area contributed by atoms with Gasteiger partial charge < -0.3 is 19.5 Å². The number of hydrogen-bond acceptors (Lipinski definition) is 4. The zero-order valence-corrected chi connectivity index (χ0v) is 16.4. The molecule has 7 heteroatoms. The number of rotatable bonds is 8. The molecule has 0 spiro atoms. The molecule has 1 atom stereocenters. The molecule has 0 aliphatic heterocycles. The summed E-state index contributed by atoms with van der Waals surface area (Å²) in [5.74, 6) is 1.50. The quantitative estimate of drug-likeness (QED) is 0.712. The molecule has 2 rings (SSSR count). The van der Waals surface area contributed by atoms with E-state index in [0.29, 0.717) is 40.3 Å². The van der Waals surface area contributed by atoms with Crippen LogP contribution in [0.1, 0.15) is 18.9 Å². The molecule has 0 aliphatic rings. The molecule has 0 radical (unpaired) electrons. The Bertz CT molecular complexity index is 745. The minimum Gasteiger partial charge on any atom is -0.497 e. The lowest BCUT2D eigenvalue weighted by Crippen LogP contribution is -2.37. The molecule has 2 aromatic carbocycles. The van der Waals surface area contributed by atoms with Crippen LogP contribution in [0, 0.1) is 0 Å². The topological polar surface area (TPSA) is 56.8 Å². The third-order valence-electron chi connectivity index (χ3n) is 3.70. The Morgan fingerprint density at radius 1 is 1.08 bits per heavy atom. The number of hydrogen-bond donors (Lipinski definition) is 1. The maximum atomic E-state index is 12.5. The molecular formula is C19H21Cl2NO4. The zero-order chi connectivity index (χ0) is 19.1. The first-order chi connectivity index (χ1) is 12.5. The molecule has 26 heavy (non-hydrogen) atoms. The van der Waals surface area contributed by atoms with E-state index in [0.717, 1.165) is 5.56 Å². The molecule has 0 bridgehead atoms. The van der Waals surface area contributed by atoms with E-state index < -0.39 is 6.10 Å². The van der Waals surface area contributed by atoms with E-state index in [-0.39, 0.29) is 5.91 Å². The molecular weight excluding hydrogens is 377 g/mol. The Hall–Kier alpha value is -2.11. The summed E-state index contributed by atoms with van der Waals surface area (Å²) in [5, 5.41) is 3.73. The maximum Gasteiger partial charge on any atom is 0.261 e. The summed E-state index contributed by atoms with van der Waals surface area (Å²) in [7, 11) is 3.15. The fourth-order valence-corrected chi connectivity index (χ4v) is 2.77. The third kappa shape index (κ3) is 5.44. The highest BCUT2D eigenvalue weighted by Crippen LogP contribution is 2.29. The summed E-state index contributed by atoms with van der Waals surface area (Å²) < 4.78 is 16.2. The Balaban J connectivity index is 2.03. The lowest BCUT2D eigenvalue weighted by molar-refractivity contribution is -0.128. The van der Waals surface area contributed by atoms with Crippen LogP contribution in [-0.2, 0) is 11.3 Å². The molecule has 1 unspecified atom stereocenters. The largest absolute Gasteiger partial charge is 0.497 e. The smallest absolute Gasteiger partial charge is 0.261 e. The number of methoxy groups -OCH3 is 2. The monoisotopic (exact) mass is 397 g/mol. The molecule has 1 N–H and O–H groups in total. The van der Waals surface area contributed by atoms with Gasteiger partial charge in [-0.05, 0) is 42.3 Å². The van der Waals surface area contributed by atoms with Gasteiger partial charge in [-0.25, -0.2) is 0 Å². The number of ether oxygens (including phenoxy) is 3. The van der Waals surface area contributed by atoms with Crippen molar-refractivity contribution in [2.45, 2.75) is 26.0 Å². The zero-order valence-electron chi connectivity index (χ0n) is 14.8. The van der Waals surface area contributed by atoms with Crippen LogP contribution in [0.15, 0.2) is 36.4 Å². The normalized spacial score (nSPS) is 11.6. The van der Waals surface area contributed by atoms with Crippen LogP contribution in [-0.4, -0.2) is 26.2 Å². The minimum absolute atomic E-state index is 0.236. The van der Waals surface area contributed by atoms with Crippen LogP contribution in [0.5, 0.6) is 17.2 Å². The highest BCUT2D eigenvalue weighted by Gasteiger charge is 2.19. The Kier molecular flexibility index (Phi) is 7.42. The summed E-state index contributed by atoms with van der Waals surface area (Å²) >= 11 is 12.0. The van der Waals surface area contributed by atoms with Gasteiger partial charge in [0.2, 0.25) is 0 Å². The van der Waals surface area contributed by atoms with Crippen molar-refractivity contribution in [1.29, 1.82) is 0 Å². The lowest BCUT2D eigenvalue weighted by atomic mass is 10.2. The summed E-state index contributed by atoms with van der Waals surface area (Å²) in [5.41, 5.74) is 0.855. The number of carbonyl (C=O) groups excluding carboxylic acids is 1. The second-order valence-corrected chi connectivity index (χ2v) is 6.37. The van der Waals surface area contributed by atoms with Gasteiger partial charge in [-0.1, -0.05) is 30.1 Å². The van der Waals surface area contributed by atoms with Gasteiger partial charge >= 0.3 is 0 Å². The summed E-state index contributed by atoms with van der Waals surface area (Å²) in [6.45, 7) is 2.18. The van der Waals surface area contributed by atoms with E-state index >= 15 is 0 Å². The van der Waals surface area contributed by atoms with E-state index in [2.05, 4.69) is 5.32 Å². The van der Waals surface area contributed by atoms with E-state index in [1.54, 1.807) is 38.5 Å². The van der Waals surface area contributed by atoms with Crippen molar-refractivity contribution in [3.63, 3.8) is 0 Å². The summed E-state index contributed by atoms with van der Waals surface area (Å²) in [4.78, 5) is 12.5. The first-order valence-corrected chi connectivity index (χ1v) is 8.83. The van der Waals surface area contributed by atoms with Gasteiger partial charge in [-0.2, -0.15) is 0 Å². The predicted octanol–water partition coefficient (Wildman–Crippen LogP) is 4.48. The number of nitrogens with one attached hydrogen (secondary N) is 1. The van der Waals surface area contributed by atoms with Crippen molar-refractivity contribution in [3.05, 3.63) is 52.0 Å². The molecule has 2 aromatic rings. The number of halogens is 2. The van der Waals surface area contributed by atoms with Gasteiger partial charge in [-0.15, -0.1) is 0 Å². The van der Waals surface area contributed by atoms with Crippen LogP contribution in [0.3, 0.4) is 0 Å². The SMILES string of the molecule is CCC(Oc1ccc(Cl)cc1Cl)C(=O)NCc1cc(OC)cc(OC)c1. The highest BCUT2D eigenvalue weighted by molar-refractivity contribution is 6.35. The Morgan fingerprint density at radius 2 is 1.73 bits per heavy atom. The average molecular weight is 398 g/mol. The molecule has 0 saturated heterocycles. The highest BCUT2D eigenvalue weighted by atomic mass is 35.5. The van der Waals surface area contributed by atoms with Crippen LogP contribution in [0.4, 0.5) is 0 Å². The van der Waals surface area contributed by atoms with Gasteiger partial charge in [0.05, 0.1) is 19.2 Å². The van der Waals surface area contributed by atoms with Crippen molar-refractivity contribution >= 4 is 29.1 Å². The molecule has 5 nitrogen and oxygen atoms in total. The molecule has 0 fully saturated rings. The molecule has 0 aliphatic carbocycles. The predicted molar refractivity (Wildman–Crippen MR) is 103 cm³/mol. The average Bonchev–Trinajstić information content (AvgIpc) is 2.65. The molecule has 1 amide bonds. The number of carbonyl (C=O) groups is 1. The van der Waals surface area contributed by atoms with E-state index in [1.807, 2.05) is 19.1 Å². The van der Waals surface area contributed by atoms with Crippen molar-refractivity contribution in [1.82, 2.24) is 5.32 Å². The van der Waals surface area contributed by atoms with Crippen LogP contribution in [0.25, 0.3) is 0 Å². The van der Waals surface area contributed by atoms with E-state index in [1.165, 1.54) is 0 Å². The summed E-state index contributed by atoms with van der Waals surface area (Å²) in [6, 6.07) is 10.3. The Labute approximate surface area is 163 Å². The van der Waals surface area contributed by atoms with Crippen molar-refractivity contribution in [2.75, 3.05) is 14.2 Å². The van der Waals surface area contributed by atoms with Gasteiger partial charge in [0.1, 0.15) is 17.2 Å². The van der Waals surface area contributed by atoms with Gasteiger partial charge in [0.25, 0.3) is 5.91 Å². The molecule has 0 saturated carbocycles. The molecule has 0 aromatic heterocycles. The van der Waals surface area contributed by atoms with E-state index in [4.69, 9.17) is 37.4 Å².